The Hall–Kier alpha value is -1.51. The fourth-order valence-corrected chi connectivity index (χ4v) is 2.21. The van der Waals surface area contributed by atoms with Gasteiger partial charge in [0.25, 0.3) is 0 Å². The van der Waals surface area contributed by atoms with Crippen LogP contribution in [0.25, 0.3) is 21.9 Å². The van der Waals surface area contributed by atoms with E-state index in [-0.39, 0.29) is 6.61 Å². The molecule has 3 rings (SSSR count). The highest BCUT2D eigenvalue weighted by atomic mass is 35.5. The van der Waals surface area contributed by atoms with Crippen LogP contribution in [-0.4, -0.2) is 5.11 Å². The van der Waals surface area contributed by atoms with Gasteiger partial charge in [-0.15, -0.1) is 0 Å². The van der Waals surface area contributed by atoms with E-state index in [0.29, 0.717) is 10.6 Å². The Morgan fingerprint density at radius 2 is 1.94 bits per heavy atom. The number of hydrogen-bond acceptors (Lipinski definition) is 2. The molecule has 2 aromatic carbocycles. The van der Waals surface area contributed by atoms with Crippen LogP contribution in [0, 0.1) is 0 Å². The molecule has 0 radical (unpaired) electrons. The molecule has 0 unspecified atom stereocenters. The van der Waals surface area contributed by atoms with Gasteiger partial charge in [-0.3, -0.25) is 0 Å². The van der Waals surface area contributed by atoms with Gasteiger partial charge in [0.15, 0.2) is 5.58 Å². The van der Waals surface area contributed by atoms with E-state index in [1.165, 1.54) is 0 Å². The largest absolute Gasteiger partial charge is 0.454 e. The Balaban J connectivity index is 2.51. The van der Waals surface area contributed by atoms with Crippen molar-refractivity contribution in [2.75, 3.05) is 0 Å². The van der Waals surface area contributed by atoms with E-state index in [0.717, 1.165) is 21.9 Å². The van der Waals surface area contributed by atoms with Gasteiger partial charge in [0.05, 0.1) is 11.6 Å². The molecule has 3 aromatic rings. The van der Waals surface area contributed by atoms with E-state index in [9.17, 15) is 0 Å². The van der Waals surface area contributed by atoms with Gasteiger partial charge in [-0.2, -0.15) is 0 Å². The second-order valence-electron chi connectivity index (χ2n) is 3.71. The molecule has 1 N–H and O–H groups in total. The highest BCUT2D eigenvalue weighted by Gasteiger charge is 2.10. The van der Waals surface area contributed by atoms with Gasteiger partial charge in [0, 0.05) is 10.8 Å². The number of benzene rings is 2. The molecule has 0 fully saturated rings. The van der Waals surface area contributed by atoms with Crippen molar-refractivity contribution < 1.29 is 9.52 Å². The SMILES string of the molecule is OCc1cc(Cl)c2oc3ccccc3c2c1. The molecule has 1 aromatic heterocycles. The van der Waals surface area contributed by atoms with E-state index >= 15 is 0 Å². The first-order valence-corrected chi connectivity index (χ1v) is 5.38. The first-order chi connectivity index (χ1) is 7.79. The summed E-state index contributed by atoms with van der Waals surface area (Å²) in [5.74, 6) is 0. The van der Waals surface area contributed by atoms with Crippen LogP contribution < -0.4 is 0 Å². The number of rotatable bonds is 1. The van der Waals surface area contributed by atoms with Crippen molar-refractivity contribution in [2.45, 2.75) is 6.61 Å². The second-order valence-corrected chi connectivity index (χ2v) is 4.12. The van der Waals surface area contributed by atoms with E-state index in [4.69, 9.17) is 21.1 Å². The van der Waals surface area contributed by atoms with Crippen LogP contribution in [0.1, 0.15) is 5.56 Å². The minimum absolute atomic E-state index is 0.0187. The topological polar surface area (TPSA) is 33.4 Å². The zero-order valence-corrected chi connectivity index (χ0v) is 9.16. The molecule has 0 aliphatic carbocycles. The van der Waals surface area contributed by atoms with Gasteiger partial charge in [0.2, 0.25) is 0 Å². The molecule has 0 aliphatic heterocycles. The summed E-state index contributed by atoms with van der Waals surface area (Å²) in [5, 5.41) is 11.7. The molecule has 0 saturated heterocycles. The molecule has 0 bridgehead atoms. The number of fused-ring (bicyclic) bond motifs is 3. The monoisotopic (exact) mass is 232 g/mol. The average Bonchev–Trinajstić information content (AvgIpc) is 2.68. The molecule has 0 aliphatic rings. The highest BCUT2D eigenvalue weighted by Crippen LogP contribution is 2.34. The summed E-state index contributed by atoms with van der Waals surface area (Å²) < 4.78 is 5.67. The van der Waals surface area contributed by atoms with Gasteiger partial charge in [-0.05, 0) is 23.8 Å². The van der Waals surface area contributed by atoms with Gasteiger partial charge < -0.3 is 9.52 Å². The number of furan rings is 1. The van der Waals surface area contributed by atoms with E-state index < -0.39 is 0 Å². The van der Waals surface area contributed by atoms with Crippen LogP contribution in [-0.2, 0) is 6.61 Å². The van der Waals surface area contributed by atoms with Gasteiger partial charge in [0.1, 0.15) is 5.58 Å². The standard InChI is InChI=1S/C13H9ClO2/c14-11-6-8(7-15)5-10-9-3-1-2-4-12(9)16-13(10)11/h1-6,15H,7H2. The number of aliphatic hydroxyl groups is 1. The molecule has 3 heteroatoms. The molecule has 80 valence electrons. The van der Waals surface area contributed by atoms with Crippen LogP contribution in [0.2, 0.25) is 5.02 Å². The molecule has 0 atom stereocenters. The van der Waals surface area contributed by atoms with Crippen molar-refractivity contribution in [3.8, 4) is 0 Å². The summed E-state index contributed by atoms with van der Waals surface area (Å²) in [6.07, 6.45) is 0. The van der Waals surface area contributed by atoms with Crippen molar-refractivity contribution in [2.24, 2.45) is 0 Å². The van der Waals surface area contributed by atoms with Crippen LogP contribution in [0.5, 0.6) is 0 Å². The quantitative estimate of drug-likeness (QED) is 0.694. The van der Waals surface area contributed by atoms with Crippen molar-refractivity contribution in [1.29, 1.82) is 0 Å². The summed E-state index contributed by atoms with van der Waals surface area (Å²) in [6.45, 7) is -0.0187. The van der Waals surface area contributed by atoms with E-state index in [1.807, 2.05) is 30.3 Å². The number of halogens is 1. The first-order valence-electron chi connectivity index (χ1n) is 5.00. The van der Waals surface area contributed by atoms with Crippen molar-refractivity contribution in [3.63, 3.8) is 0 Å². The van der Waals surface area contributed by atoms with Gasteiger partial charge in [-0.25, -0.2) is 0 Å². The molecule has 0 saturated carbocycles. The average molecular weight is 233 g/mol. The van der Waals surface area contributed by atoms with Gasteiger partial charge in [-0.1, -0.05) is 29.8 Å². The third-order valence-electron chi connectivity index (χ3n) is 2.68. The molecular weight excluding hydrogens is 224 g/mol. The summed E-state index contributed by atoms with van der Waals surface area (Å²) in [4.78, 5) is 0. The molecule has 0 amide bonds. The zero-order valence-electron chi connectivity index (χ0n) is 8.40. The maximum Gasteiger partial charge on any atom is 0.154 e. The summed E-state index contributed by atoms with van der Waals surface area (Å²) in [7, 11) is 0. The lowest BCUT2D eigenvalue weighted by Crippen LogP contribution is -1.82. The third-order valence-corrected chi connectivity index (χ3v) is 2.96. The van der Waals surface area contributed by atoms with Crippen molar-refractivity contribution >= 4 is 33.5 Å². The number of aliphatic hydroxyl groups excluding tert-OH is 1. The summed E-state index contributed by atoms with van der Waals surface area (Å²) in [6, 6.07) is 11.4. The lowest BCUT2D eigenvalue weighted by Gasteiger charge is -1.98. The Labute approximate surface area is 97.1 Å². The van der Waals surface area contributed by atoms with Crippen LogP contribution >= 0.6 is 11.6 Å². The number of hydrogen-bond donors (Lipinski definition) is 1. The normalized spacial score (nSPS) is 11.4. The van der Waals surface area contributed by atoms with Crippen molar-refractivity contribution in [3.05, 3.63) is 47.0 Å². The molecule has 2 nitrogen and oxygen atoms in total. The Kier molecular flexibility index (Phi) is 2.13. The lowest BCUT2D eigenvalue weighted by atomic mass is 10.1. The maximum atomic E-state index is 9.14. The highest BCUT2D eigenvalue weighted by molar-refractivity contribution is 6.35. The predicted molar refractivity (Wildman–Crippen MR) is 64.7 cm³/mol. The molecule has 1 heterocycles. The predicted octanol–water partition coefficient (Wildman–Crippen LogP) is 3.73. The fourth-order valence-electron chi connectivity index (χ4n) is 1.93. The Morgan fingerprint density at radius 3 is 2.75 bits per heavy atom. The van der Waals surface area contributed by atoms with Crippen LogP contribution in [0.3, 0.4) is 0 Å². The number of para-hydroxylation sites is 1. The van der Waals surface area contributed by atoms with E-state index in [2.05, 4.69) is 0 Å². The molecule has 16 heavy (non-hydrogen) atoms. The third kappa shape index (κ3) is 1.31. The summed E-state index contributed by atoms with van der Waals surface area (Å²) >= 11 is 6.11. The Morgan fingerprint density at radius 1 is 1.12 bits per heavy atom. The lowest BCUT2D eigenvalue weighted by molar-refractivity contribution is 0.282. The van der Waals surface area contributed by atoms with Crippen LogP contribution in [0.4, 0.5) is 0 Å². The minimum Gasteiger partial charge on any atom is -0.454 e. The van der Waals surface area contributed by atoms with Crippen molar-refractivity contribution in [1.82, 2.24) is 0 Å². The van der Waals surface area contributed by atoms with Gasteiger partial charge >= 0.3 is 0 Å². The zero-order chi connectivity index (χ0) is 11.1. The smallest absolute Gasteiger partial charge is 0.154 e. The summed E-state index contributed by atoms with van der Waals surface area (Å²) in [5.41, 5.74) is 2.29. The fraction of sp³-hybridized carbons (Fsp3) is 0.0769. The van der Waals surface area contributed by atoms with E-state index in [1.54, 1.807) is 6.07 Å². The van der Waals surface area contributed by atoms with Crippen LogP contribution in [0.15, 0.2) is 40.8 Å². The molecular formula is C13H9ClO2. The first kappa shape index (κ1) is 9.70. The Bertz CT molecular complexity index is 670. The second kappa shape index (κ2) is 3.51. The minimum atomic E-state index is -0.0187. The maximum absolute atomic E-state index is 9.14. The molecule has 0 spiro atoms.